The highest BCUT2D eigenvalue weighted by molar-refractivity contribution is 5.62. The SMILES string of the molecule is [2H]C([2H])([2H])c1ccc(-c2ccc3c(c2)C([2H])([2H])C([2H])(c2ccccc2)C3([2H])[2H])nc1. The van der Waals surface area contributed by atoms with Crippen molar-refractivity contribution in [2.75, 3.05) is 0 Å². The lowest BCUT2D eigenvalue weighted by Gasteiger charge is -2.08. The van der Waals surface area contributed by atoms with Gasteiger partial charge in [-0.25, -0.2) is 0 Å². The van der Waals surface area contributed by atoms with E-state index in [4.69, 9.17) is 11.0 Å². The van der Waals surface area contributed by atoms with E-state index in [-0.39, 0.29) is 22.3 Å². The van der Waals surface area contributed by atoms with Crippen molar-refractivity contribution in [3.8, 4) is 11.3 Å². The van der Waals surface area contributed by atoms with Crippen LogP contribution in [0.4, 0.5) is 0 Å². The van der Waals surface area contributed by atoms with Crippen LogP contribution in [0.5, 0.6) is 0 Å². The molecular weight excluding hydrogens is 266 g/mol. The molecule has 1 nitrogen and oxygen atoms in total. The van der Waals surface area contributed by atoms with Crippen molar-refractivity contribution in [1.82, 2.24) is 4.98 Å². The summed E-state index contributed by atoms with van der Waals surface area (Å²) in [4.78, 5) is 4.20. The Kier molecular flexibility index (Phi) is 1.78. The van der Waals surface area contributed by atoms with Crippen LogP contribution in [0.1, 0.15) is 39.1 Å². The maximum Gasteiger partial charge on any atom is 0.0702 e. The van der Waals surface area contributed by atoms with Gasteiger partial charge in [0.05, 0.1) is 5.69 Å². The first kappa shape index (κ1) is 7.23. The molecule has 1 aliphatic carbocycles. The summed E-state index contributed by atoms with van der Waals surface area (Å²) in [6.07, 6.45) is -3.30. The first-order valence-corrected chi connectivity index (χ1v) is 7.08. The zero-order valence-electron chi connectivity index (χ0n) is 19.8. The Morgan fingerprint density at radius 1 is 1.05 bits per heavy atom. The van der Waals surface area contributed by atoms with Crippen LogP contribution in [0.15, 0.2) is 66.9 Å². The molecule has 1 aromatic heterocycles. The molecule has 1 heterocycles. The van der Waals surface area contributed by atoms with Crippen molar-refractivity contribution < 1.29 is 11.0 Å². The summed E-state index contributed by atoms with van der Waals surface area (Å²) in [6, 6.07) is 15.9. The van der Waals surface area contributed by atoms with Gasteiger partial charge in [-0.1, -0.05) is 48.5 Å². The molecule has 0 saturated heterocycles. The average molecular weight is 293 g/mol. The molecule has 0 bridgehead atoms. The molecule has 1 aliphatic rings. The van der Waals surface area contributed by atoms with Crippen LogP contribution in [-0.4, -0.2) is 4.98 Å². The number of pyridine rings is 1. The standard InChI is InChI=1S/C21H19N/c1-15-7-10-21(22-14-15)18-9-8-17-11-19(13-20(17)12-18)16-5-3-2-4-6-16/h2-10,12,14,19H,11,13H2,1H3/i1D3,11D2,13D2,19D. The molecule has 1 atom stereocenters. The maximum atomic E-state index is 8.96. The topological polar surface area (TPSA) is 12.9 Å². The Bertz CT molecular complexity index is 1090. The van der Waals surface area contributed by atoms with Crippen molar-refractivity contribution in [2.45, 2.75) is 25.5 Å². The second kappa shape index (κ2) is 5.42. The zero-order valence-corrected chi connectivity index (χ0v) is 11.8. The molecular formula is C21H19N. The fourth-order valence-electron chi connectivity index (χ4n) is 2.53. The van der Waals surface area contributed by atoms with Gasteiger partial charge < -0.3 is 0 Å². The van der Waals surface area contributed by atoms with Gasteiger partial charge in [-0.05, 0) is 59.9 Å². The Balaban J connectivity index is 1.84. The number of fused-ring (bicyclic) bond motifs is 1. The maximum absolute atomic E-state index is 8.96. The third-order valence-corrected chi connectivity index (χ3v) is 3.66. The predicted molar refractivity (Wildman–Crippen MR) is 91.0 cm³/mol. The third kappa shape index (κ3) is 2.43. The van der Waals surface area contributed by atoms with Crippen LogP contribution in [0.25, 0.3) is 11.3 Å². The molecule has 0 saturated carbocycles. The van der Waals surface area contributed by atoms with E-state index in [9.17, 15) is 0 Å². The Hall–Kier alpha value is -2.41. The molecule has 0 N–H and O–H groups in total. The lowest BCUT2D eigenvalue weighted by atomic mass is 9.96. The average Bonchev–Trinajstić information content (AvgIpc) is 2.83. The minimum atomic E-state index is -2.30. The minimum absolute atomic E-state index is 0.102. The first-order valence-electron chi connectivity index (χ1n) is 11.1. The molecule has 3 aromatic rings. The van der Waals surface area contributed by atoms with Crippen molar-refractivity contribution in [1.29, 1.82) is 0 Å². The molecule has 2 aromatic carbocycles. The highest BCUT2D eigenvalue weighted by atomic mass is 14.7. The van der Waals surface area contributed by atoms with Crippen LogP contribution < -0.4 is 0 Å². The number of aromatic nitrogens is 1. The lowest BCUT2D eigenvalue weighted by Crippen LogP contribution is -1.96. The quantitative estimate of drug-likeness (QED) is 0.652. The van der Waals surface area contributed by atoms with Crippen molar-refractivity contribution in [2.24, 2.45) is 0 Å². The third-order valence-electron chi connectivity index (χ3n) is 3.66. The molecule has 0 radical (unpaired) electrons. The van der Waals surface area contributed by atoms with Crippen LogP contribution in [0.3, 0.4) is 0 Å². The van der Waals surface area contributed by atoms with Gasteiger partial charge >= 0.3 is 0 Å². The lowest BCUT2D eigenvalue weighted by molar-refractivity contribution is 0.742. The highest BCUT2D eigenvalue weighted by Gasteiger charge is 2.23. The van der Waals surface area contributed by atoms with Gasteiger partial charge in [0.2, 0.25) is 0 Å². The number of hydrogen-bond acceptors (Lipinski definition) is 1. The second-order valence-corrected chi connectivity index (χ2v) is 5.18. The molecule has 108 valence electrons. The summed E-state index contributed by atoms with van der Waals surface area (Å²) in [5, 5.41) is 0. The van der Waals surface area contributed by atoms with Gasteiger partial charge in [0, 0.05) is 22.7 Å². The fraction of sp³-hybridized carbons (Fsp3) is 0.190. The molecule has 0 amide bonds. The number of nitrogens with zero attached hydrogens (tertiary/aromatic N) is 1. The number of benzene rings is 2. The fourth-order valence-corrected chi connectivity index (χ4v) is 2.53. The second-order valence-electron chi connectivity index (χ2n) is 5.18. The van der Waals surface area contributed by atoms with Gasteiger partial charge in [-0.2, -0.15) is 0 Å². The summed E-state index contributed by atoms with van der Waals surface area (Å²) >= 11 is 0. The number of rotatable bonds is 2. The smallest absolute Gasteiger partial charge is 0.0702 e. The predicted octanol–water partition coefficient (Wildman–Crippen LogP) is 4.94. The highest BCUT2D eigenvalue weighted by Crippen LogP contribution is 2.35. The van der Waals surface area contributed by atoms with Crippen LogP contribution in [0, 0.1) is 6.85 Å². The minimum Gasteiger partial charge on any atom is -0.256 e. The summed E-state index contributed by atoms with van der Waals surface area (Å²) in [5.74, 6) is -2.17. The van der Waals surface area contributed by atoms with Crippen LogP contribution in [-0.2, 0) is 12.7 Å². The van der Waals surface area contributed by atoms with E-state index in [1.165, 1.54) is 24.4 Å². The molecule has 0 fully saturated rings. The van der Waals surface area contributed by atoms with Crippen LogP contribution in [0.2, 0.25) is 0 Å². The Morgan fingerprint density at radius 2 is 1.91 bits per heavy atom. The Labute approximate surface area is 142 Å². The first-order chi connectivity index (χ1) is 13.9. The van der Waals surface area contributed by atoms with Gasteiger partial charge in [0.1, 0.15) is 0 Å². The number of aryl methyl sites for hydroxylation is 1. The van der Waals surface area contributed by atoms with E-state index >= 15 is 0 Å². The largest absolute Gasteiger partial charge is 0.256 e. The van der Waals surface area contributed by atoms with E-state index in [1.807, 2.05) is 0 Å². The zero-order chi connectivity index (χ0) is 21.9. The summed E-state index contributed by atoms with van der Waals surface area (Å²) < 4.78 is 66.1. The summed E-state index contributed by atoms with van der Waals surface area (Å²) in [7, 11) is 0. The van der Waals surface area contributed by atoms with Gasteiger partial charge in [-0.15, -0.1) is 0 Å². The van der Waals surface area contributed by atoms with Crippen molar-refractivity contribution in [3.63, 3.8) is 0 Å². The normalized spacial score (nSPS) is 30.4. The van der Waals surface area contributed by atoms with Crippen molar-refractivity contribution >= 4 is 0 Å². The molecule has 0 aliphatic heterocycles. The molecule has 1 unspecified atom stereocenters. The monoisotopic (exact) mass is 293 g/mol. The summed E-state index contributed by atoms with van der Waals surface area (Å²) in [6.45, 7) is -2.27. The van der Waals surface area contributed by atoms with E-state index < -0.39 is 25.5 Å². The molecule has 22 heavy (non-hydrogen) atoms. The molecule has 4 rings (SSSR count). The van der Waals surface area contributed by atoms with E-state index in [2.05, 4.69) is 4.98 Å². The van der Waals surface area contributed by atoms with E-state index in [1.54, 1.807) is 42.5 Å². The van der Waals surface area contributed by atoms with E-state index in [0.29, 0.717) is 11.3 Å². The molecule has 1 heteroatoms. The van der Waals surface area contributed by atoms with Gasteiger partial charge in [0.15, 0.2) is 0 Å². The van der Waals surface area contributed by atoms with E-state index in [0.717, 1.165) is 0 Å². The van der Waals surface area contributed by atoms with Crippen molar-refractivity contribution in [3.05, 3.63) is 89.1 Å². The summed E-state index contributed by atoms with van der Waals surface area (Å²) in [5.41, 5.74) is 1.58. The molecule has 0 spiro atoms. The van der Waals surface area contributed by atoms with Gasteiger partial charge in [0.25, 0.3) is 0 Å². The van der Waals surface area contributed by atoms with Gasteiger partial charge in [-0.3, -0.25) is 4.98 Å². The Morgan fingerprint density at radius 3 is 2.68 bits per heavy atom. The number of hydrogen-bond donors (Lipinski definition) is 0. The van der Waals surface area contributed by atoms with Crippen LogP contribution >= 0.6 is 0 Å².